The van der Waals surface area contributed by atoms with Crippen molar-refractivity contribution in [3.05, 3.63) is 29.8 Å². The molecule has 1 aromatic carbocycles. The SMILES string of the molecule is COc1ccccc1C[C@@H]1CCCN1C(=O)C1CCCC1. The van der Waals surface area contributed by atoms with E-state index in [1.54, 1.807) is 7.11 Å². The fraction of sp³-hybridized carbons (Fsp3) is 0.611. The normalized spacial score (nSPS) is 22.7. The number of hydrogen-bond acceptors (Lipinski definition) is 2. The summed E-state index contributed by atoms with van der Waals surface area (Å²) in [4.78, 5) is 14.9. The fourth-order valence-corrected chi connectivity index (χ4v) is 3.87. The van der Waals surface area contributed by atoms with Crippen LogP contribution in [0.2, 0.25) is 0 Å². The van der Waals surface area contributed by atoms with Gasteiger partial charge in [-0.1, -0.05) is 31.0 Å². The highest BCUT2D eigenvalue weighted by atomic mass is 16.5. The van der Waals surface area contributed by atoms with Crippen LogP contribution in [-0.4, -0.2) is 30.5 Å². The predicted octanol–water partition coefficient (Wildman–Crippen LogP) is 3.42. The lowest BCUT2D eigenvalue weighted by Gasteiger charge is -2.28. The molecule has 1 amide bonds. The molecule has 1 atom stereocenters. The van der Waals surface area contributed by atoms with Gasteiger partial charge in [0, 0.05) is 18.5 Å². The van der Waals surface area contributed by atoms with Crippen molar-refractivity contribution in [1.82, 2.24) is 4.90 Å². The Hall–Kier alpha value is -1.51. The maximum absolute atomic E-state index is 12.7. The molecule has 1 aliphatic heterocycles. The second kappa shape index (κ2) is 6.50. The molecule has 0 aromatic heterocycles. The van der Waals surface area contributed by atoms with Crippen molar-refractivity contribution in [3.63, 3.8) is 0 Å². The van der Waals surface area contributed by atoms with Gasteiger partial charge in [-0.2, -0.15) is 0 Å². The fourth-order valence-electron chi connectivity index (χ4n) is 3.87. The van der Waals surface area contributed by atoms with E-state index in [0.717, 1.165) is 44.4 Å². The molecule has 1 saturated carbocycles. The van der Waals surface area contributed by atoms with E-state index in [1.807, 2.05) is 12.1 Å². The van der Waals surface area contributed by atoms with Crippen LogP contribution in [0.5, 0.6) is 5.75 Å². The first kappa shape index (κ1) is 14.4. The number of likely N-dealkylation sites (tertiary alicyclic amines) is 1. The molecule has 3 nitrogen and oxygen atoms in total. The van der Waals surface area contributed by atoms with Crippen molar-refractivity contribution >= 4 is 5.91 Å². The first-order valence-corrected chi connectivity index (χ1v) is 8.22. The number of hydrogen-bond donors (Lipinski definition) is 0. The number of benzene rings is 1. The number of rotatable bonds is 4. The van der Waals surface area contributed by atoms with Crippen molar-refractivity contribution in [2.75, 3.05) is 13.7 Å². The van der Waals surface area contributed by atoms with Crippen molar-refractivity contribution in [2.45, 2.75) is 51.0 Å². The Labute approximate surface area is 127 Å². The topological polar surface area (TPSA) is 29.5 Å². The van der Waals surface area contributed by atoms with Gasteiger partial charge in [-0.3, -0.25) is 4.79 Å². The minimum absolute atomic E-state index is 0.295. The van der Waals surface area contributed by atoms with Gasteiger partial charge in [0.25, 0.3) is 0 Å². The van der Waals surface area contributed by atoms with Crippen LogP contribution in [0.25, 0.3) is 0 Å². The predicted molar refractivity (Wildman–Crippen MR) is 83.4 cm³/mol. The Morgan fingerprint density at radius 2 is 1.95 bits per heavy atom. The minimum atomic E-state index is 0.295. The number of amides is 1. The highest BCUT2D eigenvalue weighted by molar-refractivity contribution is 5.79. The molecule has 0 bridgehead atoms. The van der Waals surface area contributed by atoms with Gasteiger partial charge < -0.3 is 9.64 Å². The third kappa shape index (κ3) is 3.07. The van der Waals surface area contributed by atoms with E-state index in [0.29, 0.717) is 17.9 Å². The molecule has 0 spiro atoms. The zero-order valence-corrected chi connectivity index (χ0v) is 12.9. The lowest BCUT2D eigenvalue weighted by molar-refractivity contribution is -0.136. The summed E-state index contributed by atoms with van der Waals surface area (Å²) < 4.78 is 5.45. The molecule has 3 rings (SSSR count). The Kier molecular flexibility index (Phi) is 4.47. The molecule has 1 aliphatic carbocycles. The molecule has 2 aliphatic rings. The number of carbonyl (C=O) groups excluding carboxylic acids is 1. The molecule has 21 heavy (non-hydrogen) atoms. The van der Waals surface area contributed by atoms with E-state index in [-0.39, 0.29) is 0 Å². The zero-order chi connectivity index (χ0) is 14.7. The van der Waals surface area contributed by atoms with Gasteiger partial charge >= 0.3 is 0 Å². The lowest BCUT2D eigenvalue weighted by atomic mass is 10.0. The van der Waals surface area contributed by atoms with E-state index in [2.05, 4.69) is 17.0 Å². The quantitative estimate of drug-likeness (QED) is 0.849. The zero-order valence-electron chi connectivity index (χ0n) is 12.9. The molecule has 2 fully saturated rings. The van der Waals surface area contributed by atoms with Crippen LogP contribution in [0.4, 0.5) is 0 Å². The molecular formula is C18H25NO2. The van der Waals surface area contributed by atoms with Crippen molar-refractivity contribution in [2.24, 2.45) is 5.92 Å². The number of methoxy groups -OCH3 is 1. The summed E-state index contributed by atoms with van der Waals surface area (Å²) in [6, 6.07) is 8.53. The van der Waals surface area contributed by atoms with E-state index in [1.165, 1.54) is 18.4 Å². The average molecular weight is 287 g/mol. The second-order valence-electron chi connectivity index (χ2n) is 6.33. The summed E-state index contributed by atoms with van der Waals surface area (Å²) in [5.41, 5.74) is 1.22. The molecule has 0 unspecified atom stereocenters. The smallest absolute Gasteiger partial charge is 0.225 e. The summed E-state index contributed by atoms with van der Waals surface area (Å²) in [6.45, 7) is 0.940. The maximum Gasteiger partial charge on any atom is 0.225 e. The lowest BCUT2D eigenvalue weighted by Crippen LogP contribution is -2.40. The molecule has 114 valence electrons. The Bertz CT molecular complexity index is 494. The van der Waals surface area contributed by atoms with E-state index >= 15 is 0 Å². The van der Waals surface area contributed by atoms with Crippen LogP contribution in [0, 0.1) is 5.92 Å². The number of carbonyl (C=O) groups is 1. The first-order chi connectivity index (χ1) is 10.3. The monoisotopic (exact) mass is 287 g/mol. The van der Waals surface area contributed by atoms with E-state index in [4.69, 9.17) is 4.74 Å². The highest BCUT2D eigenvalue weighted by Crippen LogP contribution is 2.31. The van der Waals surface area contributed by atoms with Gasteiger partial charge in [-0.25, -0.2) is 0 Å². The highest BCUT2D eigenvalue weighted by Gasteiger charge is 2.34. The molecule has 3 heteroatoms. The van der Waals surface area contributed by atoms with E-state index < -0.39 is 0 Å². The standard InChI is InChI=1S/C18H25NO2/c1-21-17-11-5-4-9-15(17)13-16-10-6-12-19(16)18(20)14-7-2-3-8-14/h4-5,9,11,14,16H,2-3,6-8,10,12-13H2,1H3/t16-/m0/s1. The summed E-state index contributed by atoms with van der Waals surface area (Å²) in [7, 11) is 1.72. The van der Waals surface area contributed by atoms with Gasteiger partial charge in [-0.05, 0) is 43.7 Å². The first-order valence-electron chi connectivity index (χ1n) is 8.22. The molecule has 0 N–H and O–H groups in total. The Morgan fingerprint density at radius 3 is 2.71 bits per heavy atom. The van der Waals surface area contributed by atoms with Gasteiger partial charge in [0.2, 0.25) is 5.91 Å². The van der Waals surface area contributed by atoms with E-state index in [9.17, 15) is 4.79 Å². The minimum Gasteiger partial charge on any atom is -0.496 e. The van der Waals surface area contributed by atoms with Crippen molar-refractivity contribution < 1.29 is 9.53 Å². The Balaban J connectivity index is 1.70. The third-order valence-electron chi connectivity index (χ3n) is 5.01. The summed E-state index contributed by atoms with van der Waals surface area (Å²) >= 11 is 0. The van der Waals surface area contributed by atoms with Crippen LogP contribution in [0.3, 0.4) is 0 Å². The average Bonchev–Trinajstić information content (AvgIpc) is 3.18. The van der Waals surface area contributed by atoms with Crippen LogP contribution in [0.15, 0.2) is 24.3 Å². The summed E-state index contributed by atoms with van der Waals surface area (Å²) in [5, 5.41) is 0. The number of nitrogens with zero attached hydrogens (tertiary/aromatic N) is 1. The second-order valence-corrected chi connectivity index (χ2v) is 6.33. The van der Waals surface area contributed by atoms with Gasteiger partial charge in [0.1, 0.15) is 5.75 Å². The van der Waals surface area contributed by atoms with Crippen LogP contribution < -0.4 is 4.74 Å². The molecule has 0 radical (unpaired) electrons. The third-order valence-corrected chi connectivity index (χ3v) is 5.01. The Morgan fingerprint density at radius 1 is 1.19 bits per heavy atom. The van der Waals surface area contributed by atoms with Crippen LogP contribution in [-0.2, 0) is 11.2 Å². The molecule has 1 heterocycles. The van der Waals surface area contributed by atoms with Crippen molar-refractivity contribution in [3.8, 4) is 5.75 Å². The van der Waals surface area contributed by atoms with Crippen LogP contribution in [0.1, 0.15) is 44.1 Å². The van der Waals surface area contributed by atoms with Crippen LogP contribution >= 0.6 is 0 Å². The number of ether oxygens (including phenoxy) is 1. The molecule has 1 aromatic rings. The van der Waals surface area contributed by atoms with Gasteiger partial charge in [0.15, 0.2) is 0 Å². The summed E-state index contributed by atoms with van der Waals surface area (Å²) in [5.74, 6) is 1.64. The van der Waals surface area contributed by atoms with Gasteiger partial charge in [0.05, 0.1) is 7.11 Å². The summed E-state index contributed by atoms with van der Waals surface area (Å²) in [6.07, 6.45) is 7.81. The van der Waals surface area contributed by atoms with Crippen molar-refractivity contribution in [1.29, 1.82) is 0 Å². The largest absolute Gasteiger partial charge is 0.496 e. The maximum atomic E-state index is 12.7. The van der Waals surface area contributed by atoms with Gasteiger partial charge in [-0.15, -0.1) is 0 Å². The molecular weight excluding hydrogens is 262 g/mol. The molecule has 1 saturated heterocycles. The number of para-hydroxylation sites is 1.